The van der Waals surface area contributed by atoms with E-state index in [0.717, 1.165) is 30.5 Å². The van der Waals surface area contributed by atoms with Crippen molar-refractivity contribution in [2.24, 2.45) is 0 Å². The largest absolute Gasteiger partial charge is 0.417 e. The average Bonchev–Trinajstić information content (AvgIpc) is 3.39. The molecule has 2 aromatic carbocycles. The standard InChI is InChI=1S/C19H17F3N2O2/c20-19(21,22)16-4-2-1-3-15(16)18(26)24-14-7-5-12(6-8-14)11-17(25)23-13-9-10-13/h1-8,13H,9-11H2,(H,23,25)(H,24,26). The number of hydrogen-bond acceptors (Lipinski definition) is 2. The Morgan fingerprint density at radius 3 is 2.27 bits per heavy atom. The molecule has 26 heavy (non-hydrogen) atoms. The van der Waals surface area contributed by atoms with Crippen molar-refractivity contribution in [3.63, 3.8) is 0 Å². The van der Waals surface area contributed by atoms with Crippen LogP contribution in [-0.4, -0.2) is 17.9 Å². The van der Waals surface area contributed by atoms with Gasteiger partial charge in [-0.05, 0) is 42.7 Å². The summed E-state index contributed by atoms with van der Waals surface area (Å²) in [6.07, 6.45) is -2.36. The van der Waals surface area contributed by atoms with Gasteiger partial charge in [0.2, 0.25) is 5.91 Å². The van der Waals surface area contributed by atoms with Gasteiger partial charge in [0.1, 0.15) is 0 Å². The molecule has 0 aromatic heterocycles. The summed E-state index contributed by atoms with van der Waals surface area (Å²) >= 11 is 0. The van der Waals surface area contributed by atoms with E-state index in [0.29, 0.717) is 5.69 Å². The lowest BCUT2D eigenvalue weighted by Gasteiger charge is -2.13. The number of halogens is 3. The molecular formula is C19H17F3N2O2. The highest BCUT2D eigenvalue weighted by Crippen LogP contribution is 2.32. The monoisotopic (exact) mass is 362 g/mol. The first-order valence-electron chi connectivity index (χ1n) is 8.19. The lowest BCUT2D eigenvalue weighted by molar-refractivity contribution is -0.137. The van der Waals surface area contributed by atoms with Gasteiger partial charge in [-0.1, -0.05) is 24.3 Å². The first kappa shape index (κ1) is 18.0. The normalized spacial score (nSPS) is 14.0. The molecule has 2 aromatic rings. The molecule has 7 heteroatoms. The molecule has 0 bridgehead atoms. The van der Waals surface area contributed by atoms with Crippen molar-refractivity contribution in [1.82, 2.24) is 5.32 Å². The molecule has 0 radical (unpaired) electrons. The Labute approximate surface area is 148 Å². The number of hydrogen-bond donors (Lipinski definition) is 2. The van der Waals surface area contributed by atoms with Gasteiger partial charge in [0, 0.05) is 11.7 Å². The van der Waals surface area contributed by atoms with E-state index in [-0.39, 0.29) is 18.4 Å². The molecular weight excluding hydrogens is 345 g/mol. The van der Waals surface area contributed by atoms with Crippen LogP contribution < -0.4 is 10.6 Å². The van der Waals surface area contributed by atoms with E-state index in [9.17, 15) is 22.8 Å². The smallest absolute Gasteiger partial charge is 0.353 e. The van der Waals surface area contributed by atoms with Gasteiger partial charge in [-0.15, -0.1) is 0 Å². The Bertz CT molecular complexity index is 812. The first-order valence-corrected chi connectivity index (χ1v) is 8.19. The maximum absolute atomic E-state index is 13.0. The molecule has 0 unspecified atom stereocenters. The molecule has 0 atom stereocenters. The van der Waals surface area contributed by atoms with Gasteiger partial charge >= 0.3 is 6.18 Å². The number of carbonyl (C=O) groups excluding carboxylic acids is 2. The molecule has 2 N–H and O–H groups in total. The van der Waals surface area contributed by atoms with Crippen LogP contribution in [0, 0.1) is 0 Å². The Morgan fingerprint density at radius 1 is 1.00 bits per heavy atom. The predicted octanol–water partition coefficient (Wildman–Crippen LogP) is 3.78. The number of rotatable bonds is 5. The minimum Gasteiger partial charge on any atom is -0.353 e. The number of amides is 2. The third-order valence-electron chi connectivity index (χ3n) is 4.00. The third kappa shape index (κ3) is 4.62. The highest BCUT2D eigenvalue weighted by molar-refractivity contribution is 6.05. The quantitative estimate of drug-likeness (QED) is 0.851. The van der Waals surface area contributed by atoms with Crippen molar-refractivity contribution in [2.45, 2.75) is 31.5 Å². The summed E-state index contributed by atoms with van der Waals surface area (Å²) in [4.78, 5) is 24.0. The highest BCUT2D eigenvalue weighted by Gasteiger charge is 2.34. The van der Waals surface area contributed by atoms with Crippen molar-refractivity contribution in [3.8, 4) is 0 Å². The maximum Gasteiger partial charge on any atom is 0.417 e. The average molecular weight is 362 g/mol. The zero-order chi connectivity index (χ0) is 18.7. The second kappa shape index (κ2) is 7.19. The summed E-state index contributed by atoms with van der Waals surface area (Å²) in [5.74, 6) is -0.902. The zero-order valence-corrected chi connectivity index (χ0v) is 13.8. The van der Waals surface area contributed by atoms with E-state index in [1.54, 1.807) is 24.3 Å². The van der Waals surface area contributed by atoms with Crippen LogP contribution in [0.1, 0.15) is 34.3 Å². The SMILES string of the molecule is O=C(Cc1ccc(NC(=O)c2ccccc2C(F)(F)F)cc1)NC1CC1. The molecule has 1 aliphatic carbocycles. The summed E-state index contributed by atoms with van der Waals surface area (Å²) in [5, 5.41) is 5.33. The zero-order valence-electron chi connectivity index (χ0n) is 13.8. The lowest BCUT2D eigenvalue weighted by Crippen LogP contribution is -2.26. The Hall–Kier alpha value is -2.83. The lowest BCUT2D eigenvalue weighted by atomic mass is 10.1. The maximum atomic E-state index is 13.0. The molecule has 4 nitrogen and oxygen atoms in total. The molecule has 1 saturated carbocycles. The van der Waals surface area contributed by atoms with E-state index < -0.39 is 23.2 Å². The first-order chi connectivity index (χ1) is 12.3. The number of anilines is 1. The summed E-state index contributed by atoms with van der Waals surface area (Å²) in [5.41, 5.74) is -0.297. The fraction of sp³-hybridized carbons (Fsp3) is 0.263. The van der Waals surface area contributed by atoms with Gasteiger partial charge < -0.3 is 10.6 Å². The predicted molar refractivity (Wildman–Crippen MR) is 90.7 cm³/mol. The van der Waals surface area contributed by atoms with Crippen LogP contribution in [0.3, 0.4) is 0 Å². The fourth-order valence-corrected chi connectivity index (χ4v) is 2.52. The number of alkyl halides is 3. The van der Waals surface area contributed by atoms with Crippen LogP contribution in [0.15, 0.2) is 48.5 Å². The van der Waals surface area contributed by atoms with Crippen LogP contribution in [-0.2, 0) is 17.4 Å². The minimum atomic E-state index is -4.60. The summed E-state index contributed by atoms with van der Waals surface area (Å²) in [6, 6.07) is 11.4. The topological polar surface area (TPSA) is 58.2 Å². The van der Waals surface area contributed by atoms with Crippen molar-refractivity contribution in [1.29, 1.82) is 0 Å². The molecule has 0 aliphatic heterocycles. The number of benzene rings is 2. The van der Waals surface area contributed by atoms with Gasteiger partial charge in [0.15, 0.2) is 0 Å². The molecule has 136 valence electrons. The van der Waals surface area contributed by atoms with Crippen LogP contribution in [0.4, 0.5) is 18.9 Å². The summed E-state index contributed by atoms with van der Waals surface area (Å²) in [6.45, 7) is 0. The Kier molecular flexibility index (Phi) is 4.97. The molecule has 2 amide bonds. The van der Waals surface area contributed by atoms with Crippen LogP contribution >= 0.6 is 0 Å². The van der Waals surface area contributed by atoms with Crippen molar-refractivity contribution in [3.05, 3.63) is 65.2 Å². The molecule has 0 spiro atoms. The second-order valence-corrected chi connectivity index (χ2v) is 6.21. The fourth-order valence-electron chi connectivity index (χ4n) is 2.52. The number of carbonyl (C=O) groups is 2. The van der Waals surface area contributed by atoms with Crippen LogP contribution in [0.2, 0.25) is 0 Å². The van der Waals surface area contributed by atoms with Crippen molar-refractivity contribution < 1.29 is 22.8 Å². The van der Waals surface area contributed by atoms with Crippen molar-refractivity contribution in [2.75, 3.05) is 5.32 Å². The van der Waals surface area contributed by atoms with Gasteiger partial charge in [0.05, 0.1) is 17.5 Å². The minimum absolute atomic E-state index is 0.0663. The highest BCUT2D eigenvalue weighted by atomic mass is 19.4. The van der Waals surface area contributed by atoms with Crippen LogP contribution in [0.5, 0.6) is 0 Å². The number of nitrogens with one attached hydrogen (secondary N) is 2. The van der Waals surface area contributed by atoms with Crippen LogP contribution in [0.25, 0.3) is 0 Å². The molecule has 3 rings (SSSR count). The summed E-state index contributed by atoms with van der Waals surface area (Å²) < 4.78 is 39.0. The Morgan fingerprint density at radius 2 is 1.65 bits per heavy atom. The molecule has 0 heterocycles. The van der Waals surface area contributed by atoms with E-state index in [1.165, 1.54) is 12.1 Å². The van der Waals surface area contributed by atoms with E-state index in [1.807, 2.05) is 0 Å². The van der Waals surface area contributed by atoms with Crippen molar-refractivity contribution >= 4 is 17.5 Å². The second-order valence-electron chi connectivity index (χ2n) is 6.21. The van der Waals surface area contributed by atoms with E-state index in [4.69, 9.17) is 0 Å². The van der Waals surface area contributed by atoms with E-state index in [2.05, 4.69) is 10.6 Å². The third-order valence-corrected chi connectivity index (χ3v) is 4.00. The van der Waals surface area contributed by atoms with Gasteiger partial charge in [-0.3, -0.25) is 9.59 Å². The summed E-state index contributed by atoms with van der Waals surface area (Å²) in [7, 11) is 0. The molecule has 1 fully saturated rings. The Balaban J connectivity index is 1.65. The van der Waals surface area contributed by atoms with Gasteiger partial charge in [0.25, 0.3) is 5.91 Å². The molecule has 0 saturated heterocycles. The van der Waals surface area contributed by atoms with E-state index >= 15 is 0 Å². The van der Waals surface area contributed by atoms with Gasteiger partial charge in [-0.2, -0.15) is 13.2 Å². The molecule has 1 aliphatic rings. The van der Waals surface area contributed by atoms with Gasteiger partial charge in [-0.25, -0.2) is 0 Å².